The molecule has 2 fully saturated rings. The van der Waals surface area contributed by atoms with E-state index in [1.165, 1.54) is 5.57 Å². The molecule has 3 nitrogen and oxygen atoms in total. The van der Waals surface area contributed by atoms with Gasteiger partial charge in [-0.05, 0) is 31.6 Å². The molecule has 0 aromatic heterocycles. The van der Waals surface area contributed by atoms with Crippen LogP contribution < -0.4 is 5.32 Å². The van der Waals surface area contributed by atoms with E-state index in [0.717, 1.165) is 43.4 Å². The predicted octanol–water partition coefficient (Wildman–Crippen LogP) is 2.10. The third-order valence-electron chi connectivity index (χ3n) is 5.15. The first-order valence-electron chi connectivity index (χ1n) is 7.02. The van der Waals surface area contributed by atoms with Gasteiger partial charge in [-0.25, -0.2) is 0 Å². The highest BCUT2D eigenvalue weighted by Gasteiger charge is 2.48. The first kappa shape index (κ1) is 10.5. The minimum atomic E-state index is 0.146. The average Bonchev–Trinajstić information content (AvgIpc) is 2.97. The highest BCUT2D eigenvalue weighted by atomic mass is 16.2. The van der Waals surface area contributed by atoms with Crippen molar-refractivity contribution in [2.75, 3.05) is 0 Å². The largest absolute Gasteiger partial charge is 0.329 e. The van der Waals surface area contributed by atoms with Crippen molar-refractivity contribution in [1.29, 1.82) is 0 Å². The second kappa shape index (κ2) is 3.56. The number of allylic oxidation sites excluding steroid dienone is 3. The Kier molecular flexibility index (Phi) is 2.08. The Morgan fingerprint density at radius 3 is 2.94 bits per heavy atom. The van der Waals surface area contributed by atoms with Gasteiger partial charge in [0.25, 0.3) is 0 Å². The zero-order valence-electron chi connectivity index (χ0n) is 10.4. The van der Waals surface area contributed by atoms with Gasteiger partial charge in [-0.3, -0.25) is 9.59 Å². The van der Waals surface area contributed by atoms with E-state index in [0.29, 0.717) is 18.1 Å². The van der Waals surface area contributed by atoms with E-state index in [4.69, 9.17) is 0 Å². The number of fused-ring (bicyclic) bond motifs is 4. The average molecular weight is 243 g/mol. The van der Waals surface area contributed by atoms with Gasteiger partial charge in [0.05, 0.1) is 0 Å². The molecule has 18 heavy (non-hydrogen) atoms. The van der Waals surface area contributed by atoms with Crippen molar-refractivity contribution in [3.05, 3.63) is 22.9 Å². The molecule has 1 heterocycles. The van der Waals surface area contributed by atoms with Gasteiger partial charge >= 0.3 is 0 Å². The van der Waals surface area contributed by atoms with Gasteiger partial charge in [-0.15, -0.1) is 0 Å². The summed E-state index contributed by atoms with van der Waals surface area (Å²) >= 11 is 0. The standard InChI is InChI=1S/C15H17NO2/c17-12-7-5-8-4-6-11-14(13(8)12)9-2-1-3-10(9)15(18)16-11/h6,9-10,14H,1-5,7H2,(H,16,18). The van der Waals surface area contributed by atoms with Crippen molar-refractivity contribution in [1.82, 2.24) is 5.32 Å². The van der Waals surface area contributed by atoms with Crippen molar-refractivity contribution in [2.45, 2.75) is 38.5 Å². The summed E-state index contributed by atoms with van der Waals surface area (Å²) in [6.07, 6.45) is 7.87. The zero-order valence-corrected chi connectivity index (χ0v) is 10.4. The van der Waals surface area contributed by atoms with Crippen molar-refractivity contribution in [3.8, 4) is 0 Å². The summed E-state index contributed by atoms with van der Waals surface area (Å²) in [5.74, 6) is 1.27. The predicted molar refractivity (Wildman–Crippen MR) is 66.4 cm³/mol. The van der Waals surface area contributed by atoms with Crippen LogP contribution in [0.15, 0.2) is 22.9 Å². The van der Waals surface area contributed by atoms with E-state index in [2.05, 4.69) is 11.4 Å². The highest BCUT2D eigenvalue weighted by molar-refractivity contribution is 6.01. The fraction of sp³-hybridized carbons (Fsp3) is 0.600. The van der Waals surface area contributed by atoms with Crippen molar-refractivity contribution >= 4 is 11.7 Å². The van der Waals surface area contributed by atoms with Crippen LogP contribution in [0.5, 0.6) is 0 Å². The van der Waals surface area contributed by atoms with Crippen LogP contribution in [0.4, 0.5) is 0 Å². The van der Waals surface area contributed by atoms with Gasteiger partial charge < -0.3 is 5.32 Å². The maximum atomic E-state index is 12.1. The quantitative estimate of drug-likeness (QED) is 0.708. The number of hydrogen-bond acceptors (Lipinski definition) is 2. The molecule has 3 aliphatic carbocycles. The van der Waals surface area contributed by atoms with Crippen LogP contribution in [0.2, 0.25) is 0 Å². The number of ketones is 1. The number of carbonyl (C=O) groups is 2. The molecular weight excluding hydrogens is 226 g/mol. The minimum Gasteiger partial charge on any atom is -0.329 e. The summed E-state index contributed by atoms with van der Waals surface area (Å²) in [4.78, 5) is 24.2. The Morgan fingerprint density at radius 2 is 2.06 bits per heavy atom. The van der Waals surface area contributed by atoms with E-state index in [9.17, 15) is 9.59 Å². The first-order valence-corrected chi connectivity index (χ1v) is 7.02. The Morgan fingerprint density at radius 1 is 1.17 bits per heavy atom. The third kappa shape index (κ3) is 1.25. The van der Waals surface area contributed by atoms with Crippen molar-refractivity contribution in [3.63, 3.8) is 0 Å². The van der Waals surface area contributed by atoms with Gasteiger partial charge in [-0.2, -0.15) is 0 Å². The molecule has 94 valence electrons. The second-order valence-corrected chi connectivity index (χ2v) is 5.97. The lowest BCUT2D eigenvalue weighted by atomic mass is 9.71. The normalized spacial score (nSPS) is 38.0. The van der Waals surface area contributed by atoms with Gasteiger partial charge in [-0.1, -0.05) is 18.1 Å². The van der Waals surface area contributed by atoms with Crippen LogP contribution in [0.1, 0.15) is 38.5 Å². The molecule has 0 radical (unpaired) electrons. The lowest BCUT2D eigenvalue weighted by Gasteiger charge is -2.38. The molecule has 4 rings (SSSR count). The monoisotopic (exact) mass is 243 g/mol. The molecule has 3 unspecified atom stereocenters. The van der Waals surface area contributed by atoms with E-state index in [1.807, 2.05) is 0 Å². The van der Waals surface area contributed by atoms with Gasteiger partial charge in [0, 0.05) is 29.5 Å². The van der Waals surface area contributed by atoms with E-state index < -0.39 is 0 Å². The summed E-state index contributed by atoms with van der Waals surface area (Å²) in [5.41, 5.74) is 3.44. The number of nitrogens with one attached hydrogen (secondary N) is 1. The number of Topliss-reactive ketones (excluding diaryl/α,β-unsaturated/α-hetero) is 1. The third-order valence-corrected chi connectivity index (χ3v) is 5.15. The second-order valence-electron chi connectivity index (χ2n) is 5.97. The smallest absolute Gasteiger partial charge is 0.227 e. The summed E-state index contributed by atoms with van der Waals surface area (Å²) in [6, 6.07) is 0. The van der Waals surface area contributed by atoms with Gasteiger partial charge in [0.1, 0.15) is 0 Å². The summed E-state index contributed by atoms with van der Waals surface area (Å²) in [6.45, 7) is 0. The van der Waals surface area contributed by atoms with Crippen LogP contribution in [-0.2, 0) is 9.59 Å². The number of piperidine rings is 1. The number of rotatable bonds is 0. The Bertz CT molecular complexity index is 515. The van der Waals surface area contributed by atoms with Crippen LogP contribution in [0.25, 0.3) is 0 Å². The molecule has 1 saturated carbocycles. The topological polar surface area (TPSA) is 46.2 Å². The molecular formula is C15H17NO2. The molecule has 1 amide bonds. The molecule has 0 bridgehead atoms. The van der Waals surface area contributed by atoms with Gasteiger partial charge in [0.15, 0.2) is 5.78 Å². The lowest BCUT2D eigenvalue weighted by Crippen LogP contribution is -2.46. The van der Waals surface area contributed by atoms with Crippen molar-refractivity contribution < 1.29 is 9.59 Å². The van der Waals surface area contributed by atoms with E-state index in [-0.39, 0.29) is 17.7 Å². The highest BCUT2D eigenvalue weighted by Crippen LogP contribution is 2.50. The zero-order chi connectivity index (χ0) is 12.3. The van der Waals surface area contributed by atoms with Crippen LogP contribution in [0, 0.1) is 17.8 Å². The fourth-order valence-corrected chi connectivity index (χ4v) is 4.37. The maximum absolute atomic E-state index is 12.1. The van der Waals surface area contributed by atoms with Crippen LogP contribution in [0.3, 0.4) is 0 Å². The SMILES string of the molecule is O=C1CCC2=C1C1C(=CC2)NC(=O)C2CCCC21. The van der Waals surface area contributed by atoms with Crippen LogP contribution in [-0.4, -0.2) is 11.7 Å². The van der Waals surface area contributed by atoms with Gasteiger partial charge in [0.2, 0.25) is 5.91 Å². The molecule has 0 aromatic rings. The number of carbonyl (C=O) groups excluding carboxylic acids is 2. The lowest BCUT2D eigenvalue weighted by molar-refractivity contribution is -0.128. The number of amides is 1. The molecule has 1 N–H and O–H groups in total. The fourth-order valence-electron chi connectivity index (χ4n) is 4.37. The molecule has 4 aliphatic rings. The molecule has 3 heteroatoms. The molecule has 1 aliphatic heterocycles. The maximum Gasteiger partial charge on any atom is 0.227 e. The first-order chi connectivity index (χ1) is 8.75. The molecule has 0 aromatic carbocycles. The molecule has 3 atom stereocenters. The Labute approximate surface area is 106 Å². The molecule has 0 spiro atoms. The van der Waals surface area contributed by atoms with Crippen LogP contribution >= 0.6 is 0 Å². The summed E-state index contributed by atoms with van der Waals surface area (Å²) < 4.78 is 0. The van der Waals surface area contributed by atoms with Crippen molar-refractivity contribution in [2.24, 2.45) is 17.8 Å². The Hall–Kier alpha value is -1.38. The molecule has 1 saturated heterocycles. The summed E-state index contributed by atoms with van der Waals surface area (Å²) in [5, 5.41) is 3.06. The minimum absolute atomic E-state index is 0.146. The Balaban J connectivity index is 1.80. The number of hydrogen-bond donors (Lipinski definition) is 1. The van der Waals surface area contributed by atoms with E-state index >= 15 is 0 Å². The summed E-state index contributed by atoms with van der Waals surface area (Å²) in [7, 11) is 0. The van der Waals surface area contributed by atoms with E-state index in [1.54, 1.807) is 0 Å².